The summed E-state index contributed by atoms with van der Waals surface area (Å²) in [5.41, 5.74) is 1.36. The van der Waals surface area contributed by atoms with E-state index >= 15 is 0 Å². The number of fused-ring (bicyclic) bond motifs is 1. The molecule has 4 aromatic rings. The van der Waals surface area contributed by atoms with Gasteiger partial charge in [-0.2, -0.15) is 10.2 Å². The number of nitrogens with one attached hydrogen (secondary N) is 3. The molecule has 1 atom stereocenters. The van der Waals surface area contributed by atoms with E-state index in [4.69, 9.17) is 0 Å². The Morgan fingerprint density at radius 1 is 1.20 bits per heavy atom. The van der Waals surface area contributed by atoms with Crippen molar-refractivity contribution in [3.05, 3.63) is 54.7 Å². The summed E-state index contributed by atoms with van der Waals surface area (Å²) in [6.45, 7) is 1.62. The number of amides is 1. The van der Waals surface area contributed by atoms with Gasteiger partial charge in [-0.1, -0.05) is 6.07 Å². The molecular weight excluding hydrogens is 463 g/mol. The fraction of sp³-hybridized carbons (Fsp3) is 0.304. The van der Waals surface area contributed by atoms with Crippen molar-refractivity contribution >= 4 is 28.2 Å². The number of alkyl halides is 3. The van der Waals surface area contributed by atoms with Crippen molar-refractivity contribution in [1.82, 2.24) is 30.3 Å². The summed E-state index contributed by atoms with van der Waals surface area (Å²) in [6, 6.07) is 5.43. The maximum atomic E-state index is 14.2. The van der Waals surface area contributed by atoms with Gasteiger partial charge in [0.15, 0.2) is 0 Å². The van der Waals surface area contributed by atoms with Crippen LogP contribution in [-0.2, 0) is 6.54 Å². The first-order chi connectivity index (χ1) is 16.6. The normalized spacial score (nSPS) is 12.8. The van der Waals surface area contributed by atoms with E-state index in [9.17, 15) is 23.1 Å². The quantitative estimate of drug-likeness (QED) is 0.286. The van der Waals surface area contributed by atoms with Crippen molar-refractivity contribution < 1.29 is 23.1 Å². The number of hydrogen-bond acceptors (Lipinski definition) is 6. The summed E-state index contributed by atoms with van der Waals surface area (Å²) in [6.07, 6.45) is 3.19. The van der Waals surface area contributed by atoms with E-state index < -0.39 is 37.2 Å². The van der Waals surface area contributed by atoms with Crippen LogP contribution in [0.2, 0.25) is 0 Å². The second kappa shape index (κ2) is 9.74. The van der Waals surface area contributed by atoms with Crippen molar-refractivity contribution in [3.63, 3.8) is 0 Å². The number of benzene rings is 1. The number of H-pyrrole nitrogens is 1. The molecule has 0 fully saturated rings. The third kappa shape index (κ3) is 5.60. The summed E-state index contributed by atoms with van der Waals surface area (Å²) in [5, 5.41) is 26.6. The molecule has 4 rings (SSSR count). The van der Waals surface area contributed by atoms with Crippen molar-refractivity contribution in [1.29, 1.82) is 0 Å². The molecule has 0 bridgehead atoms. The number of hydrogen-bond donors (Lipinski definition) is 4. The van der Waals surface area contributed by atoms with Crippen molar-refractivity contribution in [2.24, 2.45) is 0 Å². The minimum atomic E-state index is -2.58. The largest absolute Gasteiger partial charge is 0.387 e. The number of rotatable bonds is 9. The van der Waals surface area contributed by atoms with Gasteiger partial charge < -0.3 is 15.7 Å². The van der Waals surface area contributed by atoms with Crippen molar-refractivity contribution in [2.45, 2.75) is 38.6 Å². The van der Waals surface area contributed by atoms with Crippen molar-refractivity contribution in [2.75, 3.05) is 11.9 Å². The van der Waals surface area contributed by atoms with Crippen LogP contribution in [-0.4, -0.2) is 60.7 Å². The number of anilines is 2. The zero-order valence-corrected chi connectivity index (χ0v) is 19.0. The molecule has 0 aliphatic rings. The van der Waals surface area contributed by atoms with Gasteiger partial charge in [0.1, 0.15) is 12.7 Å². The van der Waals surface area contributed by atoms with E-state index in [1.165, 1.54) is 32.4 Å². The number of carbonyl (C=O) groups excluding carboxylic acids is 1. The van der Waals surface area contributed by atoms with E-state index in [-0.39, 0.29) is 5.56 Å². The second-order valence-corrected chi connectivity index (χ2v) is 8.56. The Labute approximate surface area is 198 Å². The number of nitrogens with zero attached hydrogens (tertiary/aromatic N) is 4. The molecule has 0 aliphatic heterocycles. The highest BCUT2D eigenvalue weighted by molar-refractivity contribution is 6.08. The number of pyridine rings is 1. The van der Waals surface area contributed by atoms with Crippen LogP contribution in [0.25, 0.3) is 22.0 Å². The first kappa shape index (κ1) is 24.2. The minimum Gasteiger partial charge on any atom is -0.387 e. The molecule has 1 amide bonds. The zero-order chi connectivity index (χ0) is 25.2. The van der Waals surface area contributed by atoms with E-state index in [0.717, 1.165) is 15.8 Å². The van der Waals surface area contributed by atoms with Crippen molar-refractivity contribution in [3.8, 4) is 11.1 Å². The first-order valence-corrected chi connectivity index (χ1v) is 10.8. The lowest BCUT2D eigenvalue weighted by Crippen LogP contribution is -2.42. The molecule has 0 radical (unpaired) electrons. The Morgan fingerprint density at radius 2 is 2.00 bits per heavy atom. The van der Waals surface area contributed by atoms with Gasteiger partial charge in [-0.3, -0.25) is 19.6 Å². The number of carbonyl (C=O) groups is 1. The summed E-state index contributed by atoms with van der Waals surface area (Å²) in [5.74, 6) is -0.623. The smallest absolute Gasteiger partial charge is 0.257 e. The topological polar surface area (TPSA) is 121 Å². The maximum absolute atomic E-state index is 14.2. The van der Waals surface area contributed by atoms with Gasteiger partial charge in [-0.15, -0.1) is 0 Å². The van der Waals surface area contributed by atoms with Crippen LogP contribution in [0.4, 0.5) is 24.5 Å². The number of halogens is 3. The van der Waals surface area contributed by atoms with Crippen LogP contribution >= 0.6 is 0 Å². The Kier molecular flexibility index (Phi) is 6.74. The molecule has 12 heteroatoms. The van der Waals surface area contributed by atoms with Gasteiger partial charge in [0, 0.05) is 29.5 Å². The van der Waals surface area contributed by atoms with Crippen LogP contribution < -0.4 is 10.6 Å². The van der Waals surface area contributed by atoms with E-state index in [1.54, 1.807) is 18.5 Å². The van der Waals surface area contributed by atoms with Crippen LogP contribution in [0, 0.1) is 0 Å². The number of aromatic amines is 1. The standard InChI is InChI=1S/C23H24F3N7O2/c1-23(2,35)19(24)10-28-22(34)17-9-27-18-4-3-13(14-6-29-30-7-14)5-16(18)21(17)32-15-8-31-33(11-15)12-20(25)26/h3-9,11,19-20,35H,10,12H2,1-2H3,(H,27,32)(H,28,34)(H,29,30). The molecule has 184 valence electrons. The minimum absolute atomic E-state index is 0.103. The lowest BCUT2D eigenvalue weighted by Gasteiger charge is -2.22. The Bertz CT molecular complexity index is 1320. The first-order valence-electron chi connectivity index (χ1n) is 10.8. The predicted octanol–water partition coefficient (Wildman–Crippen LogP) is 3.67. The van der Waals surface area contributed by atoms with Gasteiger partial charge in [0.25, 0.3) is 12.3 Å². The van der Waals surface area contributed by atoms with E-state index in [1.807, 2.05) is 12.1 Å². The third-order valence-corrected chi connectivity index (χ3v) is 5.38. The third-order valence-electron chi connectivity index (χ3n) is 5.38. The van der Waals surface area contributed by atoms with Crippen LogP contribution in [0.5, 0.6) is 0 Å². The molecule has 1 unspecified atom stereocenters. The molecule has 3 aromatic heterocycles. The average molecular weight is 487 g/mol. The van der Waals surface area contributed by atoms with Crippen LogP contribution in [0.3, 0.4) is 0 Å². The molecule has 4 N–H and O–H groups in total. The number of aliphatic hydroxyl groups is 1. The molecule has 0 saturated carbocycles. The van der Waals surface area contributed by atoms with Gasteiger partial charge in [-0.05, 0) is 31.5 Å². The molecule has 0 aliphatic carbocycles. The Hall–Kier alpha value is -3.93. The molecule has 0 saturated heterocycles. The zero-order valence-electron chi connectivity index (χ0n) is 19.0. The summed E-state index contributed by atoms with van der Waals surface area (Å²) >= 11 is 0. The molecule has 3 heterocycles. The van der Waals surface area contributed by atoms with E-state index in [0.29, 0.717) is 22.3 Å². The fourth-order valence-corrected chi connectivity index (χ4v) is 3.43. The fourth-order valence-electron chi connectivity index (χ4n) is 3.43. The molecule has 1 aromatic carbocycles. The SMILES string of the molecule is CC(C)(O)C(F)CNC(=O)c1cnc2ccc(-c3cn[nH]c3)cc2c1Nc1cnn(CC(F)F)c1. The highest BCUT2D eigenvalue weighted by Gasteiger charge is 2.27. The predicted molar refractivity (Wildman–Crippen MR) is 124 cm³/mol. The summed E-state index contributed by atoms with van der Waals surface area (Å²) in [4.78, 5) is 17.4. The van der Waals surface area contributed by atoms with Crippen LogP contribution in [0.15, 0.2) is 49.2 Å². The van der Waals surface area contributed by atoms with Gasteiger partial charge in [0.05, 0.1) is 47.0 Å². The number of aromatic nitrogens is 5. The maximum Gasteiger partial charge on any atom is 0.257 e. The highest BCUT2D eigenvalue weighted by atomic mass is 19.3. The highest BCUT2D eigenvalue weighted by Crippen LogP contribution is 2.32. The molecule has 35 heavy (non-hydrogen) atoms. The molecule has 0 spiro atoms. The van der Waals surface area contributed by atoms with Gasteiger partial charge >= 0.3 is 0 Å². The Balaban J connectivity index is 1.74. The lowest BCUT2D eigenvalue weighted by atomic mass is 10.0. The summed E-state index contributed by atoms with van der Waals surface area (Å²) < 4.78 is 40.8. The lowest BCUT2D eigenvalue weighted by molar-refractivity contribution is -0.00177. The Morgan fingerprint density at radius 3 is 2.69 bits per heavy atom. The summed E-state index contributed by atoms with van der Waals surface area (Å²) in [7, 11) is 0. The van der Waals surface area contributed by atoms with Gasteiger partial charge in [0.2, 0.25) is 0 Å². The molecule has 9 nitrogen and oxygen atoms in total. The monoisotopic (exact) mass is 487 g/mol. The molecular formula is C23H24F3N7O2. The second-order valence-electron chi connectivity index (χ2n) is 8.56. The van der Waals surface area contributed by atoms with Crippen LogP contribution in [0.1, 0.15) is 24.2 Å². The van der Waals surface area contributed by atoms with Gasteiger partial charge in [-0.25, -0.2) is 13.2 Å². The average Bonchev–Trinajstić information content (AvgIpc) is 3.48. The van der Waals surface area contributed by atoms with E-state index in [2.05, 4.69) is 30.9 Å².